The second kappa shape index (κ2) is 4.33. The van der Waals surface area contributed by atoms with Crippen molar-refractivity contribution in [3.63, 3.8) is 0 Å². The van der Waals surface area contributed by atoms with Gasteiger partial charge in [-0.15, -0.1) is 0 Å². The molecule has 0 aromatic heterocycles. The SMILES string of the molecule is CC(C)CC(C)(C)CNC(N)=O. The van der Waals surface area contributed by atoms with Crippen molar-refractivity contribution in [1.29, 1.82) is 0 Å². The largest absolute Gasteiger partial charge is 0.352 e. The molecule has 0 bridgehead atoms. The van der Waals surface area contributed by atoms with Crippen molar-refractivity contribution < 1.29 is 4.79 Å². The van der Waals surface area contributed by atoms with Crippen LogP contribution in [-0.4, -0.2) is 12.6 Å². The summed E-state index contributed by atoms with van der Waals surface area (Å²) in [6.07, 6.45) is 1.09. The number of urea groups is 1. The highest BCUT2D eigenvalue weighted by atomic mass is 16.2. The van der Waals surface area contributed by atoms with E-state index in [0.29, 0.717) is 12.5 Å². The van der Waals surface area contributed by atoms with Crippen LogP contribution < -0.4 is 11.1 Å². The Bertz CT molecular complexity index is 153. The lowest BCUT2D eigenvalue weighted by Crippen LogP contribution is -2.37. The van der Waals surface area contributed by atoms with E-state index in [1.165, 1.54) is 0 Å². The normalized spacial score (nSPS) is 11.8. The minimum absolute atomic E-state index is 0.142. The molecule has 3 heteroatoms. The van der Waals surface area contributed by atoms with Gasteiger partial charge in [0.15, 0.2) is 0 Å². The standard InChI is InChI=1S/C9H20N2O/c1-7(2)5-9(3,4)6-11-8(10)12/h7H,5-6H2,1-4H3,(H3,10,11,12). The summed E-state index contributed by atoms with van der Waals surface area (Å²) in [5.41, 5.74) is 5.12. The van der Waals surface area contributed by atoms with E-state index >= 15 is 0 Å². The lowest BCUT2D eigenvalue weighted by molar-refractivity contribution is 0.234. The van der Waals surface area contributed by atoms with Gasteiger partial charge in [-0.2, -0.15) is 0 Å². The lowest BCUT2D eigenvalue weighted by Gasteiger charge is -2.26. The zero-order valence-electron chi connectivity index (χ0n) is 8.48. The van der Waals surface area contributed by atoms with Gasteiger partial charge < -0.3 is 11.1 Å². The minimum atomic E-state index is -0.438. The van der Waals surface area contributed by atoms with Crippen LogP contribution in [0.15, 0.2) is 0 Å². The number of carbonyl (C=O) groups excluding carboxylic acids is 1. The first-order valence-electron chi connectivity index (χ1n) is 4.37. The van der Waals surface area contributed by atoms with Gasteiger partial charge in [0, 0.05) is 6.54 Å². The van der Waals surface area contributed by atoms with Crippen LogP contribution in [0, 0.1) is 11.3 Å². The molecule has 0 radical (unpaired) electrons. The van der Waals surface area contributed by atoms with Gasteiger partial charge in [0.1, 0.15) is 0 Å². The van der Waals surface area contributed by atoms with E-state index in [4.69, 9.17) is 5.73 Å². The molecule has 0 aliphatic carbocycles. The molecule has 0 saturated heterocycles. The molecular formula is C9H20N2O. The number of hydrogen-bond acceptors (Lipinski definition) is 1. The molecule has 0 fully saturated rings. The van der Waals surface area contributed by atoms with Crippen molar-refractivity contribution in [2.24, 2.45) is 17.1 Å². The molecule has 0 aromatic rings. The third-order valence-corrected chi connectivity index (χ3v) is 1.70. The van der Waals surface area contributed by atoms with E-state index in [-0.39, 0.29) is 5.41 Å². The Balaban J connectivity index is 3.78. The van der Waals surface area contributed by atoms with Crippen LogP contribution in [-0.2, 0) is 0 Å². The van der Waals surface area contributed by atoms with Crippen LogP contribution in [0.3, 0.4) is 0 Å². The van der Waals surface area contributed by atoms with Gasteiger partial charge in [-0.05, 0) is 17.8 Å². The fraction of sp³-hybridized carbons (Fsp3) is 0.889. The average Bonchev–Trinajstić information content (AvgIpc) is 1.81. The zero-order valence-corrected chi connectivity index (χ0v) is 8.48. The van der Waals surface area contributed by atoms with Crippen LogP contribution in [0.1, 0.15) is 34.1 Å². The molecule has 72 valence electrons. The quantitative estimate of drug-likeness (QED) is 0.666. The number of primary amides is 1. The summed E-state index contributed by atoms with van der Waals surface area (Å²) in [5, 5.41) is 2.63. The van der Waals surface area contributed by atoms with Gasteiger partial charge in [0.25, 0.3) is 0 Å². The lowest BCUT2D eigenvalue weighted by atomic mass is 9.84. The highest BCUT2D eigenvalue weighted by Crippen LogP contribution is 2.23. The zero-order chi connectivity index (χ0) is 9.78. The summed E-state index contributed by atoms with van der Waals surface area (Å²) in [7, 11) is 0. The number of amides is 2. The Hall–Kier alpha value is -0.730. The van der Waals surface area contributed by atoms with Crippen molar-refractivity contribution in [1.82, 2.24) is 5.32 Å². The Kier molecular flexibility index (Phi) is 4.07. The number of nitrogens with two attached hydrogens (primary N) is 1. The monoisotopic (exact) mass is 172 g/mol. The molecule has 0 aliphatic heterocycles. The summed E-state index contributed by atoms with van der Waals surface area (Å²) in [4.78, 5) is 10.4. The molecule has 0 aliphatic rings. The Labute approximate surface area is 74.7 Å². The molecule has 3 N–H and O–H groups in total. The number of nitrogens with one attached hydrogen (secondary N) is 1. The molecule has 0 unspecified atom stereocenters. The predicted octanol–water partition coefficient (Wildman–Crippen LogP) is 1.73. The van der Waals surface area contributed by atoms with Gasteiger partial charge in [-0.25, -0.2) is 4.79 Å². The fourth-order valence-electron chi connectivity index (χ4n) is 1.50. The third-order valence-electron chi connectivity index (χ3n) is 1.70. The molecule has 0 aromatic carbocycles. The Morgan fingerprint density at radius 3 is 2.33 bits per heavy atom. The smallest absolute Gasteiger partial charge is 0.312 e. The maximum atomic E-state index is 10.4. The van der Waals surface area contributed by atoms with Gasteiger partial charge >= 0.3 is 6.03 Å². The van der Waals surface area contributed by atoms with Gasteiger partial charge in [-0.3, -0.25) is 0 Å². The Morgan fingerprint density at radius 1 is 1.50 bits per heavy atom. The van der Waals surface area contributed by atoms with Gasteiger partial charge in [0.2, 0.25) is 0 Å². The summed E-state index contributed by atoms with van der Waals surface area (Å²) < 4.78 is 0. The highest BCUT2D eigenvalue weighted by Gasteiger charge is 2.19. The molecule has 2 amide bonds. The molecular weight excluding hydrogens is 152 g/mol. The van der Waals surface area contributed by atoms with E-state index in [0.717, 1.165) is 6.42 Å². The molecule has 0 spiro atoms. The maximum absolute atomic E-state index is 10.4. The van der Waals surface area contributed by atoms with E-state index in [1.54, 1.807) is 0 Å². The first-order valence-corrected chi connectivity index (χ1v) is 4.37. The van der Waals surface area contributed by atoms with Crippen molar-refractivity contribution >= 4 is 6.03 Å². The van der Waals surface area contributed by atoms with E-state index in [2.05, 4.69) is 33.0 Å². The highest BCUT2D eigenvalue weighted by molar-refractivity contribution is 5.71. The maximum Gasteiger partial charge on any atom is 0.312 e. The molecule has 0 heterocycles. The summed E-state index contributed by atoms with van der Waals surface area (Å²) in [5.74, 6) is 0.648. The van der Waals surface area contributed by atoms with E-state index in [1.807, 2.05) is 0 Å². The van der Waals surface area contributed by atoms with Crippen LogP contribution in [0.4, 0.5) is 4.79 Å². The van der Waals surface area contributed by atoms with Crippen molar-refractivity contribution in [3.05, 3.63) is 0 Å². The topological polar surface area (TPSA) is 55.1 Å². The molecule has 0 rings (SSSR count). The summed E-state index contributed by atoms with van der Waals surface area (Å²) >= 11 is 0. The van der Waals surface area contributed by atoms with Gasteiger partial charge in [0.05, 0.1) is 0 Å². The van der Waals surface area contributed by atoms with Crippen LogP contribution in [0.25, 0.3) is 0 Å². The van der Waals surface area contributed by atoms with Crippen molar-refractivity contribution in [3.8, 4) is 0 Å². The second-order valence-electron chi connectivity index (χ2n) is 4.48. The number of rotatable bonds is 4. The summed E-state index contributed by atoms with van der Waals surface area (Å²) in [6, 6.07) is -0.438. The van der Waals surface area contributed by atoms with Crippen LogP contribution >= 0.6 is 0 Å². The van der Waals surface area contributed by atoms with Gasteiger partial charge in [-0.1, -0.05) is 27.7 Å². The fourth-order valence-corrected chi connectivity index (χ4v) is 1.50. The van der Waals surface area contributed by atoms with E-state index < -0.39 is 6.03 Å². The molecule has 0 atom stereocenters. The van der Waals surface area contributed by atoms with Crippen LogP contribution in [0.2, 0.25) is 0 Å². The van der Waals surface area contributed by atoms with Crippen molar-refractivity contribution in [2.45, 2.75) is 34.1 Å². The number of carbonyl (C=O) groups is 1. The Morgan fingerprint density at radius 2 is 2.00 bits per heavy atom. The summed E-state index contributed by atoms with van der Waals surface area (Å²) in [6.45, 7) is 9.25. The molecule has 3 nitrogen and oxygen atoms in total. The van der Waals surface area contributed by atoms with E-state index in [9.17, 15) is 4.79 Å². The minimum Gasteiger partial charge on any atom is -0.352 e. The first-order chi connectivity index (χ1) is 5.33. The predicted molar refractivity (Wildman–Crippen MR) is 50.8 cm³/mol. The number of hydrogen-bond donors (Lipinski definition) is 2. The molecule has 0 saturated carbocycles. The second-order valence-corrected chi connectivity index (χ2v) is 4.48. The third kappa shape index (κ3) is 6.01. The first kappa shape index (κ1) is 11.3. The molecule has 12 heavy (non-hydrogen) atoms. The average molecular weight is 172 g/mol. The van der Waals surface area contributed by atoms with Crippen LogP contribution in [0.5, 0.6) is 0 Å². The van der Waals surface area contributed by atoms with Crippen molar-refractivity contribution in [2.75, 3.05) is 6.54 Å².